The standard InChI is InChI=1S/C12H14N2O4/c1-3-17-18-14-9(2)13(8-12(15)16)10-6-4-5-7-11(10)14/h4-7H,3,8H2,1-2H3/p+1. The van der Waals surface area contributed by atoms with E-state index in [1.165, 1.54) is 4.73 Å². The number of carboxylic acids is 1. The Balaban J connectivity index is 2.55. The van der Waals surface area contributed by atoms with Crippen LogP contribution in [0.25, 0.3) is 11.0 Å². The van der Waals surface area contributed by atoms with E-state index in [9.17, 15) is 4.79 Å². The summed E-state index contributed by atoms with van der Waals surface area (Å²) in [5, 5.41) is 8.93. The Kier molecular flexibility index (Phi) is 3.47. The van der Waals surface area contributed by atoms with Gasteiger partial charge in [0.05, 0.1) is 6.61 Å². The molecule has 0 radical (unpaired) electrons. The van der Waals surface area contributed by atoms with E-state index in [0.29, 0.717) is 12.4 Å². The third kappa shape index (κ3) is 2.14. The second-order valence-electron chi connectivity index (χ2n) is 3.79. The fourth-order valence-electron chi connectivity index (χ4n) is 1.86. The predicted octanol–water partition coefficient (Wildman–Crippen LogP) is 0.702. The zero-order valence-corrected chi connectivity index (χ0v) is 10.3. The highest BCUT2D eigenvalue weighted by Crippen LogP contribution is 2.13. The Bertz CT molecular complexity index is 577. The molecule has 6 heteroatoms. The number of carbonyl (C=O) groups is 1. The van der Waals surface area contributed by atoms with Crippen molar-refractivity contribution >= 4 is 17.0 Å². The summed E-state index contributed by atoms with van der Waals surface area (Å²) < 4.78 is 3.15. The molecule has 1 aromatic carbocycles. The van der Waals surface area contributed by atoms with Crippen molar-refractivity contribution in [3.63, 3.8) is 0 Å². The molecule has 2 rings (SSSR count). The van der Waals surface area contributed by atoms with Crippen LogP contribution in [0, 0.1) is 6.92 Å². The molecule has 1 N–H and O–H groups in total. The second-order valence-corrected chi connectivity index (χ2v) is 3.79. The van der Waals surface area contributed by atoms with Crippen molar-refractivity contribution in [2.24, 2.45) is 0 Å². The largest absolute Gasteiger partial charge is 0.478 e. The number of benzene rings is 1. The monoisotopic (exact) mass is 251 g/mol. The molecule has 0 aliphatic heterocycles. The summed E-state index contributed by atoms with van der Waals surface area (Å²) in [6.07, 6.45) is 0. The Morgan fingerprint density at radius 3 is 2.83 bits per heavy atom. The summed E-state index contributed by atoms with van der Waals surface area (Å²) in [7, 11) is 0. The third-order valence-electron chi connectivity index (χ3n) is 2.61. The maximum absolute atomic E-state index is 10.9. The van der Waals surface area contributed by atoms with Crippen LogP contribution in [0.3, 0.4) is 0 Å². The van der Waals surface area contributed by atoms with Crippen LogP contribution < -0.4 is 9.72 Å². The molecule has 0 fully saturated rings. The van der Waals surface area contributed by atoms with Gasteiger partial charge in [-0.2, -0.15) is 4.99 Å². The molecule has 2 aromatic rings. The number of fused-ring (bicyclic) bond motifs is 1. The highest BCUT2D eigenvalue weighted by atomic mass is 17.3. The van der Waals surface area contributed by atoms with Crippen LogP contribution in [0.15, 0.2) is 24.3 Å². The molecule has 0 aliphatic rings. The van der Waals surface area contributed by atoms with E-state index in [1.54, 1.807) is 11.5 Å². The van der Waals surface area contributed by atoms with Crippen molar-refractivity contribution < 1.29 is 24.5 Å². The quantitative estimate of drug-likeness (QED) is 0.482. The van der Waals surface area contributed by atoms with Crippen LogP contribution in [0.2, 0.25) is 0 Å². The van der Waals surface area contributed by atoms with Crippen molar-refractivity contribution in [2.45, 2.75) is 20.4 Å². The summed E-state index contributed by atoms with van der Waals surface area (Å²) in [4.78, 5) is 21.0. The molecule has 0 atom stereocenters. The topological polar surface area (TPSA) is 64.6 Å². The number of rotatable bonds is 5. The van der Waals surface area contributed by atoms with E-state index in [4.69, 9.17) is 15.0 Å². The molecule has 0 aliphatic carbocycles. The first kappa shape index (κ1) is 12.4. The van der Waals surface area contributed by atoms with Crippen LogP contribution in [-0.4, -0.2) is 22.2 Å². The lowest BCUT2D eigenvalue weighted by atomic mass is 10.3. The average Bonchev–Trinajstić information content (AvgIpc) is 2.60. The minimum atomic E-state index is -0.901. The minimum Gasteiger partial charge on any atom is -0.478 e. The summed E-state index contributed by atoms with van der Waals surface area (Å²) in [5.41, 5.74) is 1.56. The summed E-state index contributed by atoms with van der Waals surface area (Å²) >= 11 is 0. The number of hydrogen-bond donors (Lipinski definition) is 1. The number of imidazole rings is 1. The molecular formula is C12H15N2O4+. The number of aromatic nitrogens is 2. The van der Waals surface area contributed by atoms with E-state index in [-0.39, 0.29) is 6.54 Å². The number of hydrogen-bond acceptors (Lipinski definition) is 3. The number of carboxylic acid groups (broad SMARTS) is 1. The Morgan fingerprint density at radius 1 is 1.44 bits per heavy atom. The summed E-state index contributed by atoms with van der Waals surface area (Å²) in [6, 6.07) is 7.40. The first-order valence-corrected chi connectivity index (χ1v) is 5.66. The first-order chi connectivity index (χ1) is 8.65. The van der Waals surface area contributed by atoms with Gasteiger partial charge >= 0.3 is 5.97 Å². The molecule has 6 nitrogen and oxygen atoms in total. The highest BCUT2D eigenvalue weighted by molar-refractivity contribution is 5.75. The molecule has 0 amide bonds. The van der Waals surface area contributed by atoms with Gasteiger partial charge in [-0.15, -0.1) is 4.89 Å². The second kappa shape index (κ2) is 5.05. The maximum atomic E-state index is 10.9. The van der Waals surface area contributed by atoms with Gasteiger partial charge in [0.1, 0.15) is 0 Å². The summed E-state index contributed by atoms with van der Waals surface area (Å²) in [5.74, 6) is -0.241. The van der Waals surface area contributed by atoms with Crippen LogP contribution in [0.1, 0.15) is 12.7 Å². The lowest BCUT2D eigenvalue weighted by molar-refractivity contribution is -0.945. The predicted molar refractivity (Wildman–Crippen MR) is 62.7 cm³/mol. The van der Waals surface area contributed by atoms with Gasteiger partial charge in [-0.05, 0) is 23.8 Å². The third-order valence-corrected chi connectivity index (χ3v) is 2.61. The van der Waals surface area contributed by atoms with Crippen LogP contribution in [0.4, 0.5) is 0 Å². The van der Waals surface area contributed by atoms with Gasteiger partial charge in [0, 0.05) is 6.92 Å². The lowest BCUT2D eigenvalue weighted by Gasteiger charge is -1.98. The zero-order chi connectivity index (χ0) is 13.1. The molecule has 0 bridgehead atoms. The lowest BCUT2D eigenvalue weighted by Crippen LogP contribution is -2.45. The van der Waals surface area contributed by atoms with Gasteiger partial charge in [-0.1, -0.05) is 12.1 Å². The van der Waals surface area contributed by atoms with Gasteiger partial charge in [0.15, 0.2) is 12.1 Å². The average molecular weight is 251 g/mol. The fourth-order valence-corrected chi connectivity index (χ4v) is 1.86. The van der Waals surface area contributed by atoms with Crippen molar-refractivity contribution in [1.29, 1.82) is 0 Å². The van der Waals surface area contributed by atoms with Gasteiger partial charge < -0.3 is 5.11 Å². The normalized spacial score (nSPS) is 10.8. The van der Waals surface area contributed by atoms with E-state index in [2.05, 4.69) is 0 Å². The first-order valence-electron chi connectivity index (χ1n) is 5.66. The summed E-state index contributed by atoms with van der Waals surface area (Å²) in [6.45, 7) is 3.88. The van der Waals surface area contributed by atoms with Gasteiger partial charge in [0.25, 0.3) is 5.82 Å². The van der Waals surface area contributed by atoms with Gasteiger partial charge in [-0.3, -0.25) is 0 Å². The van der Waals surface area contributed by atoms with Crippen LogP contribution in [-0.2, 0) is 16.2 Å². The van der Waals surface area contributed by atoms with Crippen molar-refractivity contribution in [1.82, 2.24) is 4.57 Å². The molecule has 18 heavy (non-hydrogen) atoms. The van der Waals surface area contributed by atoms with E-state index >= 15 is 0 Å². The molecule has 0 saturated heterocycles. The number of nitrogens with zero attached hydrogens (tertiary/aromatic N) is 2. The minimum absolute atomic E-state index is 0.116. The Hall–Kier alpha value is -2.08. The maximum Gasteiger partial charge on any atom is 0.346 e. The molecule has 0 spiro atoms. The van der Waals surface area contributed by atoms with Crippen molar-refractivity contribution in [3.8, 4) is 0 Å². The molecule has 1 aromatic heterocycles. The Labute approximate surface area is 104 Å². The molecule has 1 heterocycles. The van der Waals surface area contributed by atoms with E-state index < -0.39 is 5.97 Å². The molecule has 96 valence electrons. The van der Waals surface area contributed by atoms with Crippen LogP contribution >= 0.6 is 0 Å². The van der Waals surface area contributed by atoms with Gasteiger partial charge in [0.2, 0.25) is 5.52 Å². The van der Waals surface area contributed by atoms with Crippen molar-refractivity contribution in [3.05, 3.63) is 30.1 Å². The fraction of sp³-hybridized carbons (Fsp3) is 0.333. The van der Waals surface area contributed by atoms with Gasteiger partial charge in [-0.25, -0.2) is 9.36 Å². The highest BCUT2D eigenvalue weighted by Gasteiger charge is 2.25. The van der Waals surface area contributed by atoms with E-state index in [0.717, 1.165) is 11.0 Å². The number of para-hydroxylation sites is 2. The molecule has 0 unspecified atom stereocenters. The Morgan fingerprint density at radius 2 is 2.17 bits per heavy atom. The van der Waals surface area contributed by atoms with E-state index in [1.807, 2.05) is 31.2 Å². The zero-order valence-electron chi connectivity index (χ0n) is 10.3. The van der Waals surface area contributed by atoms with Crippen LogP contribution in [0.5, 0.6) is 0 Å². The SMILES string of the molecule is CCOO[n+]1c(C)n(CC(=O)O)c2ccccc21. The molecular weight excluding hydrogens is 236 g/mol. The molecule has 0 saturated carbocycles. The smallest absolute Gasteiger partial charge is 0.346 e. The number of aliphatic carboxylic acids is 1. The van der Waals surface area contributed by atoms with Crippen molar-refractivity contribution in [2.75, 3.05) is 6.61 Å².